The second kappa shape index (κ2) is 14.4. The number of allylic oxidation sites excluding steroid dienone is 5. The summed E-state index contributed by atoms with van der Waals surface area (Å²) in [5.41, 5.74) is 7.96. The molecule has 0 unspecified atom stereocenters. The van der Waals surface area contributed by atoms with Gasteiger partial charge in [0.05, 0.1) is 9.79 Å². The summed E-state index contributed by atoms with van der Waals surface area (Å²) in [5, 5.41) is 0. The Bertz CT molecular complexity index is 2060. The molecule has 1 aliphatic carbocycles. The van der Waals surface area contributed by atoms with Gasteiger partial charge in [-0.1, -0.05) is 66.7 Å². The number of hydrogen-bond donors (Lipinski definition) is 2. The molecule has 0 fully saturated rings. The summed E-state index contributed by atoms with van der Waals surface area (Å²) in [7, 11) is -8.52. The topological polar surface area (TPSA) is 115 Å². The van der Waals surface area contributed by atoms with Crippen molar-refractivity contribution >= 4 is 37.2 Å². The predicted octanol–water partition coefficient (Wildman–Crippen LogP) is 6.81. The van der Waals surface area contributed by atoms with Crippen molar-refractivity contribution in [1.29, 1.82) is 0 Å². The predicted molar refractivity (Wildman–Crippen MR) is 186 cm³/mol. The highest BCUT2D eigenvalue weighted by Crippen LogP contribution is 2.31. The summed E-state index contributed by atoms with van der Waals surface area (Å²) < 4.78 is 67.0. The standard InChI is InChI=1S/C37H36N2O6S2/c1-3-38(26-28-13-23-35(24-14-28)46(40,41)42)33-19-15-31(16-20-33)37(30-10-6-5-7-11-30)32-17-21-34(22-18-32)39(4-2)27-29-9-8-12-36(25-29)47(43,44)45/h5-25H,3-4,26-27H2,1-2H3,(H-,40,41,42,43,44,45)/p+1. The SMILES string of the molecule is CCN(Cc1ccc(S(=O)(=O)O)cc1)c1ccc(C(=C2C=CC(=[N+](CC)Cc3cccc(S(=O)(=O)O)c3)C=C2)c2ccccc2)cc1. The zero-order valence-electron chi connectivity index (χ0n) is 26.2. The van der Waals surface area contributed by atoms with Crippen LogP contribution in [-0.2, 0) is 33.3 Å². The van der Waals surface area contributed by atoms with E-state index in [0.717, 1.165) is 51.3 Å². The molecular formula is C37H37N2O6S2+. The Morgan fingerprint density at radius 2 is 1.28 bits per heavy atom. The molecule has 4 aromatic carbocycles. The third-order valence-corrected chi connectivity index (χ3v) is 9.75. The Morgan fingerprint density at radius 3 is 1.85 bits per heavy atom. The number of nitrogens with zero attached hydrogens (tertiary/aromatic N) is 2. The zero-order chi connectivity index (χ0) is 33.6. The van der Waals surface area contributed by atoms with Gasteiger partial charge >= 0.3 is 0 Å². The average molecular weight is 670 g/mol. The fraction of sp³-hybridized carbons (Fsp3) is 0.162. The van der Waals surface area contributed by atoms with Gasteiger partial charge in [0.1, 0.15) is 6.54 Å². The molecule has 242 valence electrons. The molecule has 0 saturated heterocycles. The first kappa shape index (κ1) is 33.7. The van der Waals surface area contributed by atoms with E-state index in [1.54, 1.807) is 18.2 Å². The molecule has 5 rings (SSSR count). The Kier molecular flexibility index (Phi) is 10.4. The summed E-state index contributed by atoms with van der Waals surface area (Å²) in [6, 6.07) is 31.2. The van der Waals surface area contributed by atoms with E-state index in [4.69, 9.17) is 0 Å². The van der Waals surface area contributed by atoms with Crippen LogP contribution in [0.15, 0.2) is 143 Å². The van der Waals surface area contributed by atoms with E-state index in [0.29, 0.717) is 19.6 Å². The van der Waals surface area contributed by atoms with Crippen LogP contribution in [0, 0.1) is 0 Å². The van der Waals surface area contributed by atoms with E-state index >= 15 is 0 Å². The second-order valence-electron chi connectivity index (χ2n) is 11.1. The molecule has 0 atom stereocenters. The molecule has 0 bridgehead atoms. The Morgan fingerprint density at radius 1 is 0.660 bits per heavy atom. The molecule has 8 nitrogen and oxygen atoms in total. The minimum Gasteiger partial charge on any atom is -0.367 e. The lowest BCUT2D eigenvalue weighted by molar-refractivity contribution is -0.539. The van der Waals surface area contributed by atoms with Crippen LogP contribution < -0.4 is 4.90 Å². The smallest absolute Gasteiger partial charge is 0.294 e. The first-order valence-corrected chi connectivity index (χ1v) is 18.1. The molecule has 0 amide bonds. The van der Waals surface area contributed by atoms with Crippen molar-refractivity contribution in [2.45, 2.75) is 36.7 Å². The van der Waals surface area contributed by atoms with E-state index < -0.39 is 20.2 Å². The second-order valence-corrected chi connectivity index (χ2v) is 13.9. The molecule has 0 aliphatic heterocycles. The van der Waals surface area contributed by atoms with Gasteiger partial charge in [0.25, 0.3) is 20.2 Å². The van der Waals surface area contributed by atoms with Gasteiger partial charge in [-0.15, -0.1) is 0 Å². The van der Waals surface area contributed by atoms with Crippen LogP contribution in [-0.4, -0.2) is 49.3 Å². The lowest BCUT2D eigenvalue weighted by Crippen LogP contribution is -2.22. The van der Waals surface area contributed by atoms with Crippen molar-refractivity contribution in [3.05, 3.63) is 155 Å². The fourth-order valence-corrected chi connectivity index (χ4v) is 6.60. The van der Waals surface area contributed by atoms with Gasteiger partial charge in [0, 0.05) is 36.5 Å². The van der Waals surface area contributed by atoms with Crippen molar-refractivity contribution < 1.29 is 30.5 Å². The van der Waals surface area contributed by atoms with Gasteiger partial charge in [0.2, 0.25) is 0 Å². The number of rotatable bonds is 11. The maximum atomic E-state index is 11.6. The van der Waals surface area contributed by atoms with Gasteiger partial charge in [-0.25, -0.2) is 4.58 Å². The summed E-state index contributed by atoms with van der Waals surface area (Å²) in [6.07, 6.45) is 8.32. The minimum absolute atomic E-state index is 0.120. The van der Waals surface area contributed by atoms with E-state index in [9.17, 15) is 25.9 Å². The summed E-state index contributed by atoms with van der Waals surface area (Å²) in [4.78, 5) is 1.94. The van der Waals surface area contributed by atoms with Gasteiger partial charge in [-0.2, -0.15) is 16.8 Å². The van der Waals surface area contributed by atoms with Crippen LogP contribution in [0.25, 0.3) is 5.57 Å². The molecular weight excluding hydrogens is 633 g/mol. The average Bonchev–Trinajstić information content (AvgIpc) is 3.07. The number of hydrogen-bond acceptors (Lipinski definition) is 5. The van der Waals surface area contributed by atoms with Gasteiger partial charge in [0.15, 0.2) is 12.3 Å². The third kappa shape index (κ3) is 8.41. The number of anilines is 1. The molecule has 0 aromatic heterocycles. The highest BCUT2D eigenvalue weighted by molar-refractivity contribution is 7.86. The van der Waals surface area contributed by atoms with Crippen LogP contribution >= 0.6 is 0 Å². The Balaban J connectivity index is 1.43. The molecule has 0 heterocycles. The molecule has 47 heavy (non-hydrogen) atoms. The quantitative estimate of drug-likeness (QED) is 0.133. The zero-order valence-corrected chi connectivity index (χ0v) is 27.8. The summed E-state index contributed by atoms with van der Waals surface area (Å²) >= 11 is 0. The molecule has 10 heteroatoms. The highest BCUT2D eigenvalue weighted by atomic mass is 32.2. The molecule has 0 spiro atoms. The summed E-state index contributed by atoms with van der Waals surface area (Å²) in [6.45, 7) is 6.60. The van der Waals surface area contributed by atoms with Crippen molar-refractivity contribution in [3.8, 4) is 0 Å². The maximum absolute atomic E-state index is 11.6. The largest absolute Gasteiger partial charge is 0.367 e. The molecule has 0 saturated carbocycles. The van der Waals surface area contributed by atoms with Crippen molar-refractivity contribution in [2.75, 3.05) is 18.0 Å². The van der Waals surface area contributed by atoms with Crippen molar-refractivity contribution in [1.82, 2.24) is 0 Å². The van der Waals surface area contributed by atoms with Crippen molar-refractivity contribution in [3.63, 3.8) is 0 Å². The lowest BCUT2D eigenvalue weighted by atomic mass is 9.90. The highest BCUT2D eigenvalue weighted by Gasteiger charge is 2.18. The molecule has 0 radical (unpaired) electrons. The maximum Gasteiger partial charge on any atom is 0.294 e. The third-order valence-electron chi connectivity index (χ3n) is 8.03. The van der Waals surface area contributed by atoms with Crippen LogP contribution in [0.2, 0.25) is 0 Å². The fourth-order valence-electron chi connectivity index (χ4n) is 5.57. The molecule has 1 aliphatic rings. The van der Waals surface area contributed by atoms with E-state index in [-0.39, 0.29) is 9.79 Å². The minimum atomic E-state index is -4.28. The van der Waals surface area contributed by atoms with Crippen LogP contribution in [0.1, 0.15) is 36.1 Å². The van der Waals surface area contributed by atoms with Crippen molar-refractivity contribution in [2.24, 2.45) is 0 Å². The Hall–Kier alpha value is -4.61. The molecule has 2 N–H and O–H groups in total. The van der Waals surface area contributed by atoms with Crippen LogP contribution in [0.5, 0.6) is 0 Å². The van der Waals surface area contributed by atoms with Gasteiger partial charge < -0.3 is 4.90 Å². The van der Waals surface area contributed by atoms with Gasteiger partial charge in [-0.3, -0.25) is 9.11 Å². The van der Waals surface area contributed by atoms with E-state index in [1.807, 2.05) is 31.2 Å². The Labute approximate surface area is 276 Å². The molecule has 4 aromatic rings. The first-order valence-electron chi connectivity index (χ1n) is 15.2. The number of benzene rings is 4. The normalized spacial score (nSPS) is 13.1. The van der Waals surface area contributed by atoms with Gasteiger partial charge in [-0.05, 0) is 90.2 Å². The van der Waals surface area contributed by atoms with E-state index in [1.165, 1.54) is 24.3 Å². The summed E-state index contributed by atoms with van der Waals surface area (Å²) in [5.74, 6) is 0. The monoisotopic (exact) mass is 669 g/mol. The van der Waals surface area contributed by atoms with Crippen LogP contribution in [0.4, 0.5) is 5.69 Å². The lowest BCUT2D eigenvalue weighted by Gasteiger charge is -2.24. The van der Waals surface area contributed by atoms with E-state index in [2.05, 4.69) is 77.1 Å². The van der Waals surface area contributed by atoms with Crippen LogP contribution in [0.3, 0.4) is 0 Å². The first-order chi connectivity index (χ1) is 22.5.